The van der Waals surface area contributed by atoms with Crippen LogP contribution >= 0.6 is 0 Å². The summed E-state index contributed by atoms with van der Waals surface area (Å²) >= 11 is 0. The lowest BCUT2D eigenvalue weighted by Crippen LogP contribution is -2.47. The van der Waals surface area contributed by atoms with Crippen LogP contribution in [0.2, 0.25) is 0 Å². The Bertz CT molecular complexity index is 288. The number of methoxy groups -OCH3 is 1. The van der Waals surface area contributed by atoms with Gasteiger partial charge >= 0.3 is 6.09 Å². The molecule has 0 spiro atoms. The largest absolute Gasteiger partial charge is 0.449 e. The molecule has 4 nitrogen and oxygen atoms in total. The third-order valence-corrected chi connectivity index (χ3v) is 3.21. The van der Waals surface area contributed by atoms with Crippen LogP contribution in [0.15, 0.2) is 0 Å². The lowest BCUT2D eigenvalue weighted by atomic mass is 9.92. The molecule has 1 amide bonds. The van der Waals surface area contributed by atoms with Crippen molar-refractivity contribution in [2.75, 3.05) is 26.8 Å². The molecule has 4 heteroatoms. The van der Waals surface area contributed by atoms with E-state index in [-0.39, 0.29) is 6.09 Å². The number of unbranched alkanes of at least 4 members (excludes halogenated alkanes) is 1. The average Bonchev–Trinajstić information content (AvgIpc) is 2.39. The van der Waals surface area contributed by atoms with Crippen LogP contribution in [0.5, 0.6) is 0 Å². The van der Waals surface area contributed by atoms with Gasteiger partial charge in [0, 0.05) is 33.0 Å². The average molecular weight is 239 g/mol. The molecule has 0 atom stereocenters. The van der Waals surface area contributed by atoms with Gasteiger partial charge in [0.05, 0.1) is 6.61 Å². The highest BCUT2D eigenvalue weighted by molar-refractivity contribution is 5.67. The SMILES string of the molecule is C#CC1(OC)CCN(C(=O)OCCCC)CC1. The number of likely N-dealkylation sites (tertiary alicyclic amines) is 1. The van der Waals surface area contributed by atoms with Crippen LogP contribution < -0.4 is 0 Å². The molecule has 0 saturated carbocycles. The zero-order valence-corrected chi connectivity index (χ0v) is 10.7. The Kier molecular flexibility index (Phi) is 5.30. The number of hydrogen-bond donors (Lipinski definition) is 0. The van der Waals surface area contributed by atoms with E-state index in [9.17, 15) is 4.79 Å². The molecule has 0 aromatic carbocycles. The highest BCUT2D eigenvalue weighted by atomic mass is 16.6. The molecule has 17 heavy (non-hydrogen) atoms. The van der Waals surface area contributed by atoms with Gasteiger partial charge in [-0.25, -0.2) is 4.79 Å². The number of piperidine rings is 1. The van der Waals surface area contributed by atoms with Crippen molar-refractivity contribution in [1.29, 1.82) is 0 Å². The van der Waals surface area contributed by atoms with Gasteiger partial charge in [0.2, 0.25) is 0 Å². The third kappa shape index (κ3) is 3.64. The topological polar surface area (TPSA) is 38.8 Å². The molecule has 0 aromatic rings. The van der Waals surface area contributed by atoms with Crippen molar-refractivity contribution in [3.05, 3.63) is 0 Å². The molecule has 0 radical (unpaired) electrons. The Balaban J connectivity index is 2.36. The van der Waals surface area contributed by atoms with Crippen molar-refractivity contribution < 1.29 is 14.3 Å². The molecule has 1 heterocycles. The van der Waals surface area contributed by atoms with E-state index in [0.717, 1.165) is 12.8 Å². The smallest absolute Gasteiger partial charge is 0.409 e. The summed E-state index contributed by atoms with van der Waals surface area (Å²) in [5.74, 6) is 2.68. The monoisotopic (exact) mass is 239 g/mol. The second-order valence-corrected chi connectivity index (χ2v) is 4.30. The van der Waals surface area contributed by atoms with Crippen LogP contribution in [0.25, 0.3) is 0 Å². The minimum atomic E-state index is -0.500. The highest BCUT2D eigenvalue weighted by Gasteiger charge is 2.34. The number of ether oxygens (including phenoxy) is 2. The Morgan fingerprint density at radius 1 is 1.47 bits per heavy atom. The number of nitrogens with zero attached hydrogens (tertiary/aromatic N) is 1. The van der Waals surface area contributed by atoms with E-state index in [1.165, 1.54) is 0 Å². The molecular weight excluding hydrogens is 218 g/mol. The maximum absolute atomic E-state index is 11.7. The summed E-state index contributed by atoms with van der Waals surface area (Å²) in [7, 11) is 1.62. The van der Waals surface area contributed by atoms with E-state index in [0.29, 0.717) is 32.5 Å². The maximum atomic E-state index is 11.7. The van der Waals surface area contributed by atoms with Crippen molar-refractivity contribution in [3.8, 4) is 12.3 Å². The van der Waals surface area contributed by atoms with E-state index in [1.807, 2.05) is 0 Å². The van der Waals surface area contributed by atoms with E-state index >= 15 is 0 Å². The van der Waals surface area contributed by atoms with Gasteiger partial charge in [-0.1, -0.05) is 19.3 Å². The standard InChI is InChI=1S/C13H21NO3/c1-4-6-11-17-12(15)14-9-7-13(5-2,16-3)8-10-14/h2H,4,6-11H2,1,3H3. The van der Waals surface area contributed by atoms with E-state index in [1.54, 1.807) is 12.0 Å². The highest BCUT2D eigenvalue weighted by Crippen LogP contribution is 2.25. The molecule has 1 saturated heterocycles. The molecule has 0 N–H and O–H groups in total. The molecular formula is C13H21NO3. The molecule has 1 aliphatic heterocycles. The van der Waals surface area contributed by atoms with Gasteiger partial charge in [-0.2, -0.15) is 0 Å². The minimum Gasteiger partial charge on any atom is -0.449 e. The summed E-state index contributed by atoms with van der Waals surface area (Å²) in [6.07, 6.45) is 8.50. The predicted octanol–water partition coefficient (Wildman–Crippen LogP) is 2.04. The first-order valence-corrected chi connectivity index (χ1v) is 6.12. The van der Waals surface area contributed by atoms with Crippen LogP contribution in [0, 0.1) is 12.3 Å². The molecule has 96 valence electrons. The van der Waals surface area contributed by atoms with Crippen LogP contribution in [0.1, 0.15) is 32.6 Å². The lowest BCUT2D eigenvalue weighted by Gasteiger charge is -2.36. The normalized spacial score (nSPS) is 18.5. The summed E-state index contributed by atoms with van der Waals surface area (Å²) in [6.45, 7) is 3.76. The number of carbonyl (C=O) groups excluding carboxylic acids is 1. The Hall–Kier alpha value is -1.21. The summed E-state index contributed by atoms with van der Waals surface area (Å²) < 4.78 is 10.5. The molecule has 0 aliphatic carbocycles. The van der Waals surface area contributed by atoms with Crippen molar-refractivity contribution in [2.24, 2.45) is 0 Å². The minimum absolute atomic E-state index is 0.236. The van der Waals surface area contributed by atoms with Gasteiger partial charge < -0.3 is 14.4 Å². The Morgan fingerprint density at radius 3 is 2.59 bits per heavy atom. The van der Waals surface area contributed by atoms with E-state index in [2.05, 4.69) is 12.8 Å². The summed E-state index contributed by atoms with van der Waals surface area (Å²) in [5, 5.41) is 0. The summed E-state index contributed by atoms with van der Waals surface area (Å²) in [6, 6.07) is 0. The molecule has 0 aromatic heterocycles. The molecule has 1 aliphatic rings. The van der Waals surface area contributed by atoms with Gasteiger partial charge in [-0.15, -0.1) is 6.42 Å². The first-order valence-electron chi connectivity index (χ1n) is 6.12. The fourth-order valence-electron chi connectivity index (χ4n) is 1.85. The second-order valence-electron chi connectivity index (χ2n) is 4.30. The number of amides is 1. The van der Waals surface area contributed by atoms with Crippen LogP contribution in [0.4, 0.5) is 4.79 Å². The summed E-state index contributed by atoms with van der Waals surface area (Å²) in [4.78, 5) is 13.4. The van der Waals surface area contributed by atoms with Crippen molar-refractivity contribution >= 4 is 6.09 Å². The Labute approximate surface area is 103 Å². The fourth-order valence-corrected chi connectivity index (χ4v) is 1.85. The fraction of sp³-hybridized carbons (Fsp3) is 0.769. The van der Waals surface area contributed by atoms with E-state index in [4.69, 9.17) is 15.9 Å². The number of terminal acetylenes is 1. The first kappa shape index (κ1) is 13.9. The van der Waals surface area contributed by atoms with Crippen molar-refractivity contribution in [3.63, 3.8) is 0 Å². The molecule has 0 bridgehead atoms. The van der Waals surface area contributed by atoms with Crippen LogP contribution in [-0.4, -0.2) is 43.4 Å². The number of rotatable bonds is 4. The number of hydrogen-bond acceptors (Lipinski definition) is 3. The zero-order valence-electron chi connectivity index (χ0n) is 10.7. The summed E-state index contributed by atoms with van der Waals surface area (Å²) in [5.41, 5.74) is -0.500. The first-order chi connectivity index (χ1) is 8.17. The van der Waals surface area contributed by atoms with Gasteiger partial charge in [-0.3, -0.25) is 0 Å². The molecule has 1 fully saturated rings. The van der Waals surface area contributed by atoms with Crippen molar-refractivity contribution in [2.45, 2.75) is 38.2 Å². The quantitative estimate of drug-likeness (QED) is 0.556. The molecule has 1 rings (SSSR count). The van der Waals surface area contributed by atoms with Gasteiger partial charge in [0.15, 0.2) is 0 Å². The number of carbonyl (C=O) groups is 1. The van der Waals surface area contributed by atoms with Crippen LogP contribution in [0.3, 0.4) is 0 Å². The van der Waals surface area contributed by atoms with Crippen molar-refractivity contribution in [1.82, 2.24) is 4.90 Å². The zero-order chi connectivity index (χ0) is 12.7. The molecule has 0 unspecified atom stereocenters. The van der Waals surface area contributed by atoms with Gasteiger partial charge in [0.25, 0.3) is 0 Å². The maximum Gasteiger partial charge on any atom is 0.409 e. The third-order valence-electron chi connectivity index (χ3n) is 3.21. The second kappa shape index (κ2) is 6.51. The van der Waals surface area contributed by atoms with Crippen LogP contribution in [-0.2, 0) is 9.47 Å². The Morgan fingerprint density at radius 2 is 2.12 bits per heavy atom. The van der Waals surface area contributed by atoms with E-state index < -0.39 is 5.60 Å². The van der Waals surface area contributed by atoms with Gasteiger partial charge in [-0.05, 0) is 6.42 Å². The predicted molar refractivity (Wildman–Crippen MR) is 65.6 cm³/mol. The van der Waals surface area contributed by atoms with Gasteiger partial charge in [0.1, 0.15) is 5.60 Å². The lowest BCUT2D eigenvalue weighted by molar-refractivity contribution is -0.0124.